The highest BCUT2D eigenvalue weighted by Gasteiger charge is 2.40. The van der Waals surface area contributed by atoms with Gasteiger partial charge >= 0.3 is 6.09 Å². The van der Waals surface area contributed by atoms with Crippen molar-refractivity contribution in [3.8, 4) is 5.75 Å². The van der Waals surface area contributed by atoms with E-state index in [1.165, 1.54) is 0 Å². The van der Waals surface area contributed by atoms with Crippen LogP contribution < -0.4 is 4.74 Å². The first-order chi connectivity index (χ1) is 7.18. The molecule has 5 heteroatoms. The molecule has 1 aromatic rings. The average Bonchev–Trinajstić information content (AvgIpc) is 2.26. The molecule has 15 heavy (non-hydrogen) atoms. The van der Waals surface area contributed by atoms with E-state index in [1.807, 2.05) is 0 Å². The van der Waals surface area contributed by atoms with Crippen LogP contribution in [0.25, 0.3) is 0 Å². The topological polar surface area (TPSA) is 46.6 Å². The standard InChI is InChI=1S/C10H8ClNO3/c11-8-6-12(9(8)13)10(14)15-7-4-2-1-3-5-7/h1-5,8H,6H2. The zero-order valence-corrected chi connectivity index (χ0v) is 8.48. The van der Waals surface area contributed by atoms with Crippen LogP contribution in [0.15, 0.2) is 30.3 Å². The second-order valence-electron chi connectivity index (χ2n) is 3.10. The molecule has 2 amide bonds. The van der Waals surface area contributed by atoms with E-state index in [0.717, 1.165) is 4.90 Å². The van der Waals surface area contributed by atoms with Gasteiger partial charge < -0.3 is 4.74 Å². The van der Waals surface area contributed by atoms with Gasteiger partial charge in [0.15, 0.2) is 0 Å². The van der Waals surface area contributed by atoms with Gasteiger partial charge in [0.05, 0.1) is 6.54 Å². The molecule has 0 aromatic heterocycles. The molecule has 1 fully saturated rings. The lowest BCUT2D eigenvalue weighted by molar-refractivity contribution is -0.135. The normalized spacial score (nSPS) is 19.7. The first-order valence-corrected chi connectivity index (χ1v) is 4.84. The minimum absolute atomic E-state index is 0.214. The lowest BCUT2D eigenvalue weighted by Crippen LogP contribution is -2.57. The molecule has 1 unspecified atom stereocenters. The monoisotopic (exact) mass is 225 g/mol. The number of likely N-dealkylation sites (tertiary alicyclic amines) is 1. The smallest absolute Gasteiger partial charge is 0.410 e. The quantitative estimate of drug-likeness (QED) is 0.539. The number of alkyl halides is 1. The number of carbonyl (C=O) groups excluding carboxylic acids is 2. The van der Waals surface area contributed by atoms with Gasteiger partial charge in [-0.3, -0.25) is 4.79 Å². The third-order valence-electron chi connectivity index (χ3n) is 2.05. The zero-order valence-electron chi connectivity index (χ0n) is 7.72. The fourth-order valence-electron chi connectivity index (χ4n) is 1.19. The summed E-state index contributed by atoms with van der Waals surface area (Å²) in [5, 5.41) is -0.590. The van der Waals surface area contributed by atoms with Gasteiger partial charge in [0.25, 0.3) is 5.91 Å². The summed E-state index contributed by atoms with van der Waals surface area (Å²) in [5.41, 5.74) is 0. The van der Waals surface area contributed by atoms with Crippen molar-refractivity contribution < 1.29 is 14.3 Å². The van der Waals surface area contributed by atoms with Crippen LogP contribution in [0.3, 0.4) is 0 Å². The summed E-state index contributed by atoms with van der Waals surface area (Å²) in [5.74, 6) is 0.00548. The van der Waals surface area contributed by atoms with Crippen molar-refractivity contribution in [3.05, 3.63) is 30.3 Å². The Hall–Kier alpha value is -1.55. The average molecular weight is 226 g/mol. The van der Waals surface area contributed by atoms with Gasteiger partial charge in [0, 0.05) is 0 Å². The molecule has 1 saturated heterocycles. The molecule has 2 rings (SSSR count). The summed E-state index contributed by atoms with van der Waals surface area (Å²) >= 11 is 5.54. The van der Waals surface area contributed by atoms with Gasteiger partial charge in [-0.15, -0.1) is 11.6 Å². The summed E-state index contributed by atoms with van der Waals surface area (Å²) in [4.78, 5) is 23.4. The Labute approximate surface area is 91.4 Å². The number of β-lactam (4-membered cyclic amide) rings is 1. The van der Waals surface area contributed by atoms with E-state index in [9.17, 15) is 9.59 Å². The number of halogens is 1. The van der Waals surface area contributed by atoms with Crippen LogP contribution in [-0.2, 0) is 4.79 Å². The molecular weight excluding hydrogens is 218 g/mol. The molecule has 0 bridgehead atoms. The van der Waals surface area contributed by atoms with Crippen molar-refractivity contribution >= 4 is 23.6 Å². The maximum absolute atomic E-state index is 11.4. The zero-order chi connectivity index (χ0) is 10.8. The minimum atomic E-state index is -0.678. The Morgan fingerprint density at radius 2 is 2.07 bits per heavy atom. The second kappa shape index (κ2) is 3.90. The van der Waals surface area contributed by atoms with E-state index in [2.05, 4.69) is 0 Å². The van der Waals surface area contributed by atoms with Crippen LogP contribution in [0, 0.1) is 0 Å². The highest BCUT2D eigenvalue weighted by Crippen LogP contribution is 2.18. The van der Waals surface area contributed by atoms with Crippen LogP contribution >= 0.6 is 11.6 Å². The van der Waals surface area contributed by atoms with Gasteiger partial charge in [0.2, 0.25) is 0 Å². The number of amides is 2. The van der Waals surface area contributed by atoms with E-state index in [0.29, 0.717) is 5.75 Å². The fraction of sp³-hybridized carbons (Fsp3) is 0.200. The fourth-order valence-corrected chi connectivity index (χ4v) is 1.45. The number of imide groups is 1. The number of ether oxygens (including phenoxy) is 1. The van der Waals surface area contributed by atoms with Crippen LogP contribution in [-0.4, -0.2) is 28.8 Å². The molecule has 1 aromatic carbocycles. The summed E-state index contributed by atoms with van der Waals surface area (Å²) in [6.45, 7) is 0.214. The van der Waals surface area contributed by atoms with Gasteiger partial charge in [-0.1, -0.05) is 18.2 Å². The number of rotatable bonds is 1. The first kappa shape index (κ1) is 9.98. The van der Waals surface area contributed by atoms with E-state index in [1.54, 1.807) is 30.3 Å². The van der Waals surface area contributed by atoms with Crippen molar-refractivity contribution in [2.75, 3.05) is 6.54 Å². The van der Waals surface area contributed by atoms with Crippen molar-refractivity contribution in [1.82, 2.24) is 4.90 Å². The predicted octanol–water partition coefficient (Wildman–Crippen LogP) is 1.63. The maximum atomic E-state index is 11.4. The van der Waals surface area contributed by atoms with Gasteiger partial charge in [-0.25, -0.2) is 9.69 Å². The number of benzene rings is 1. The summed E-state index contributed by atoms with van der Waals surface area (Å²) < 4.78 is 4.94. The summed E-state index contributed by atoms with van der Waals surface area (Å²) in [6.07, 6.45) is -0.678. The third kappa shape index (κ3) is 1.94. The molecule has 0 radical (unpaired) electrons. The largest absolute Gasteiger partial charge is 0.422 e. The third-order valence-corrected chi connectivity index (χ3v) is 2.37. The lowest BCUT2D eigenvalue weighted by Gasteiger charge is -2.31. The van der Waals surface area contributed by atoms with Gasteiger partial charge in [-0.2, -0.15) is 0 Å². The second-order valence-corrected chi connectivity index (χ2v) is 3.62. The Balaban J connectivity index is 1.97. The molecular formula is C10H8ClNO3. The van der Waals surface area contributed by atoms with Crippen LogP contribution in [0.2, 0.25) is 0 Å². The Morgan fingerprint density at radius 1 is 1.40 bits per heavy atom. The molecule has 0 spiro atoms. The molecule has 1 atom stereocenters. The number of para-hydroxylation sites is 1. The molecule has 1 heterocycles. The molecule has 1 aliphatic rings. The molecule has 0 aliphatic carbocycles. The van der Waals surface area contributed by atoms with Gasteiger partial charge in [0.1, 0.15) is 11.1 Å². The van der Waals surface area contributed by atoms with E-state index >= 15 is 0 Å². The maximum Gasteiger partial charge on any atom is 0.422 e. The van der Waals surface area contributed by atoms with E-state index in [4.69, 9.17) is 16.3 Å². The molecule has 4 nitrogen and oxygen atoms in total. The van der Waals surface area contributed by atoms with Crippen LogP contribution in [0.4, 0.5) is 4.79 Å². The Kier molecular flexibility index (Phi) is 2.60. The molecule has 1 aliphatic heterocycles. The number of hydrogen-bond acceptors (Lipinski definition) is 3. The molecule has 78 valence electrons. The van der Waals surface area contributed by atoms with Crippen LogP contribution in [0.5, 0.6) is 5.75 Å². The SMILES string of the molecule is O=C(Oc1ccccc1)N1CC(Cl)C1=O. The highest BCUT2D eigenvalue weighted by atomic mass is 35.5. The van der Waals surface area contributed by atoms with Crippen molar-refractivity contribution in [2.45, 2.75) is 5.38 Å². The van der Waals surface area contributed by atoms with Crippen molar-refractivity contribution in [2.24, 2.45) is 0 Å². The molecule has 0 saturated carbocycles. The Bertz CT molecular complexity index is 393. The van der Waals surface area contributed by atoms with E-state index in [-0.39, 0.29) is 6.54 Å². The van der Waals surface area contributed by atoms with E-state index < -0.39 is 17.4 Å². The number of carbonyl (C=O) groups is 2. The summed E-state index contributed by atoms with van der Waals surface area (Å²) in [6, 6.07) is 8.57. The highest BCUT2D eigenvalue weighted by molar-refractivity contribution is 6.34. The van der Waals surface area contributed by atoms with Gasteiger partial charge in [-0.05, 0) is 12.1 Å². The lowest BCUT2D eigenvalue weighted by atomic mass is 10.2. The Morgan fingerprint density at radius 3 is 2.60 bits per heavy atom. The number of hydrogen-bond donors (Lipinski definition) is 0. The molecule has 0 N–H and O–H groups in total. The van der Waals surface area contributed by atoms with Crippen molar-refractivity contribution in [1.29, 1.82) is 0 Å². The first-order valence-electron chi connectivity index (χ1n) is 4.41. The predicted molar refractivity (Wildman–Crippen MR) is 53.8 cm³/mol. The van der Waals surface area contributed by atoms with Crippen LogP contribution in [0.1, 0.15) is 0 Å². The van der Waals surface area contributed by atoms with Crippen molar-refractivity contribution in [3.63, 3.8) is 0 Å². The number of nitrogens with zero attached hydrogens (tertiary/aromatic N) is 1. The minimum Gasteiger partial charge on any atom is -0.410 e. The summed E-state index contributed by atoms with van der Waals surface area (Å²) in [7, 11) is 0.